The van der Waals surface area contributed by atoms with Crippen LogP contribution in [0.5, 0.6) is 0 Å². The summed E-state index contributed by atoms with van der Waals surface area (Å²) in [7, 11) is 0. The van der Waals surface area contributed by atoms with Crippen LogP contribution in [0.1, 0.15) is 18.4 Å². The van der Waals surface area contributed by atoms with Crippen LogP contribution in [0.15, 0.2) is 24.3 Å². The molecule has 1 aromatic rings. The Labute approximate surface area is 76.2 Å². The number of hydrogen-bond acceptors (Lipinski definition) is 2. The van der Waals surface area contributed by atoms with E-state index in [-0.39, 0.29) is 5.56 Å². The molecule has 0 fully saturated rings. The normalized spacial score (nSPS) is 14.6. The minimum Gasteiger partial charge on any atom is -0.392 e. The van der Waals surface area contributed by atoms with Crippen molar-refractivity contribution in [1.82, 2.24) is 0 Å². The number of halogens is 1. The Hall–Kier alpha value is -1.40. The highest BCUT2D eigenvalue weighted by molar-refractivity contribution is 5.27. The highest BCUT2D eigenvalue weighted by Gasteiger charge is 2.19. The van der Waals surface area contributed by atoms with E-state index in [9.17, 15) is 9.50 Å². The van der Waals surface area contributed by atoms with Gasteiger partial charge in [-0.05, 0) is 13.0 Å². The van der Waals surface area contributed by atoms with E-state index < -0.39 is 17.8 Å². The Morgan fingerprint density at radius 1 is 1.46 bits per heavy atom. The average Bonchev–Trinajstić information content (AvgIpc) is 2.09. The number of nitriles is 1. The molecule has 1 rings (SSSR count). The summed E-state index contributed by atoms with van der Waals surface area (Å²) in [5, 5.41) is 17.9. The summed E-state index contributed by atoms with van der Waals surface area (Å²) in [5.74, 6) is -1.24. The van der Waals surface area contributed by atoms with Gasteiger partial charge in [0.25, 0.3) is 0 Å². The molecule has 68 valence electrons. The van der Waals surface area contributed by atoms with E-state index in [1.54, 1.807) is 12.1 Å². The van der Waals surface area contributed by atoms with E-state index in [1.165, 1.54) is 19.1 Å². The van der Waals surface area contributed by atoms with Crippen molar-refractivity contribution in [1.29, 1.82) is 5.26 Å². The van der Waals surface area contributed by atoms with Crippen molar-refractivity contribution in [2.45, 2.75) is 18.9 Å². The SMILES string of the molecule is CC(O)C(C#N)c1ccccc1F. The molecule has 0 radical (unpaired) electrons. The van der Waals surface area contributed by atoms with Gasteiger partial charge in [0.2, 0.25) is 0 Å². The molecule has 0 aliphatic heterocycles. The minimum absolute atomic E-state index is 0.250. The zero-order valence-corrected chi connectivity index (χ0v) is 7.24. The van der Waals surface area contributed by atoms with Gasteiger partial charge in [-0.15, -0.1) is 0 Å². The van der Waals surface area contributed by atoms with Crippen LogP contribution >= 0.6 is 0 Å². The van der Waals surface area contributed by atoms with Gasteiger partial charge in [0.05, 0.1) is 18.1 Å². The second-order valence-corrected chi connectivity index (χ2v) is 2.87. The summed E-state index contributed by atoms with van der Waals surface area (Å²) in [6.45, 7) is 1.47. The molecule has 0 aromatic heterocycles. The number of nitrogens with zero attached hydrogens (tertiary/aromatic N) is 1. The first-order valence-corrected chi connectivity index (χ1v) is 3.99. The Morgan fingerprint density at radius 2 is 2.08 bits per heavy atom. The third-order valence-corrected chi connectivity index (χ3v) is 1.86. The van der Waals surface area contributed by atoms with Gasteiger partial charge >= 0.3 is 0 Å². The topological polar surface area (TPSA) is 44.0 Å². The second kappa shape index (κ2) is 4.01. The van der Waals surface area contributed by atoms with Gasteiger partial charge in [-0.1, -0.05) is 18.2 Å². The van der Waals surface area contributed by atoms with Crippen LogP contribution in [-0.4, -0.2) is 11.2 Å². The van der Waals surface area contributed by atoms with Crippen LogP contribution < -0.4 is 0 Å². The molecular formula is C10H10FNO. The van der Waals surface area contributed by atoms with Gasteiger partial charge in [-0.3, -0.25) is 0 Å². The van der Waals surface area contributed by atoms with Crippen LogP contribution in [-0.2, 0) is 0 Å². The van der Waals surface area contributed by atoms with E-state index in [4.69, 9.17) is 5.26 Å². The fourth-order valence-electron chi connectivity index (χ4n) is 1.16. The lowest BCUT2D eigenvalue weighted by molar-refractivity contribution is 0.180. The Balaban J connectivity index is 3.07. The monoisotopic (exact) mass is 179 g/mol. The summed E-state index contributed by atoms with van der Waals surface area (Å²) in [6.07, 6.45) is -0.859. The van der Waals surface area contributed by atoms with Crippen molar-refractivity contribution >= 4 is 0 Å². The third-order valence-electron chi connectivity index (χ3n) is 1.86. The maximum Gasteiger partial charge on any atom is 0.127 e. The van der Waals surface area contributed by atoms with E-state index in [0.717, 1.165) is 0 Å². The first kappa shape index (κ1) is 9.69. The van der Waals surface area contributed by atoms with Crippen molar-refractivity contribution in [2.24, 2.45) is 0 Å². The quantitative estimate of drug-likeness (QED) is 0.752. The molecule has 0 bridgehead atoms. The summed E-state index contributed by atoms with van der Waals surface area (Å²) >= 11 is 0. The van der Waals surface area contributed by atoms with Crippen LogP contribution in [0.4, 0.5) is 4.39 Å². The van der Waals surface area contributed by atoms with Crippen LogP contribution in [0.3, 0.4) is 0 Å². The molecule has 1 N–H and O–H groups in total. The number of aliphatic hydroxyl groups excluding tert-OH is 1. The molecule has 2 nitrogen and oxygen atoms in total. The lowest BCUT2D eigenvalue weighted by Gasteiger charge is -2.12. The molecule has 0 spiro atoms. The van der Waals surface area contributed by atoms with Crippen molar-refractivity contribution in [3.05, 3.63) is 35.6 Å². The number of hydrogen-bond donors (Lipinski definition) is 1. The lowest BCUT2D eigenvalue weighted by Crippen LogP contribution is -2.13. The highest BCUT2D eigenvalue weighted by atomic mass is 19.1. The van der Waals surface area contributed by atoms with Crippen LogP contribution in [0, 0.1) is 17.1 Å². The molecule has 0 aliphatic rings. The second-order valence-electron chi connectivity index (χ2n) is 2.87. The molecule has 0 saturated carbocycles. The Bertz CT molecular complexity index is 330. The molecule has 13 heavy (non-hydrogen) atoms. The van der Waals surface area contributed by atoms with Gasteiger partial charge in [0, 0.05) is 5.56 Å². The molecule has 2 unspecified atom stereocenters. The Kier molecular flexibility index (Phi) is 2.99. The van der Waals surface area contributed by atoms with Crippen LogP contribution in [0.25, 0.3) is 0 Å². The summed E-state index contributed by atoms with van der Waals surface area (Å²) < 4.78 is 13.1. The van der Waals surface area contributed by atoms with Gasteiger partial charge < -0.3 is 5.11 Å². The van der Waals surface area contributed by atoms with E-state index in [2.05, 4.69) is 0 Å². The summed E-state index contributed by atoms with van der Waals surface area (Å²) in [4.78, 5) is 0. The molecule has 0 heterocycles. The predicted octanol–water partition coefficient (Wildman–Crippen LogP) is 1.81. The van der Waals surface area contributed by atoms with E-state index >= 15 is 0 Å². The van der Waals surface area contributed by atoms with E-state index in [0.29, 0.717) is 0 Å². The van der Waals surface area contributed by atoms with Gasteiger partial charge in [0.15, 0.2) is 0 Å². The number of benzene rings is 1. The maximum atomic E-state index is 13.1. The fraction of sp³-hybridized carbons (Fsp3) is 0.300. The van der Waals surface area contributed by atoms with Crippen molar-refractivity contribution < 1.29 is 9.50 Å². The van der Waals surface area contributed by atoms with Gasteiger partial charge in [-0.2, -0.15) is 5.26 Å². The molecule has 0 saturated heterocycles. The molecule has 0 amide bonds. The lowest BCUT2D eigenvalue weighted by atomic mass is 9.95. The first-order chi connectivity index (χ1) is 6.16. The largest absolute Gasteiger partial charge is 0.392 e. The number of rotatable bonds is 2. The Morgan fingerprint density at radius 3 is 2.54 bits per heavy atom. The summed E-state index contributed by atoms with van der Waals surface area (Å²) in [6, 6.07) is 7.85. The molecule has 1 aromatic carbocycles. The third kappa shape index (κ3) is 2.04. The maximum absolute atomic E-state index is 13.1. The average molecular weight is 179 g/mol. The standard InChI is InChI=1S/C10H10FNO/c1-7(13)9(6-12)8-4-2-3-5-10(8)11/h2-5,7,9,13H,1H3. The molecule has 2 atom stereocenters. The zero-order valence-electron chi connectivity index (χ0n) is 7.24. The summed E-state index contributed by atoms with van der Waals surface area (Å²) in [5.41, 5.74) is 0.250. The van der Waals surface area contributed by atoms with E-state index in [1.807, 2.05) is 6.07 Å². The van der Waals surface area contributed by atoms with Crippen LogP contribution in [0.2, 0.25) is 0 Å². The molecule has 0 aliphatic carbocycles. The van der Waals surface area contributed by atoms with Gasteiger partial charge in [0.1, 0.15) is 5.82 Å². The smallest absolute Gasteiger partial charge is 0.127 e. The number of aliphatic hydroxyl groups is 1. The van der Waals surface area contributed by atoms with Crippen molar-refractivity contribution in [2.75, 3.05) is 0 Å². The highest BCUT2D eigenvalue weighted by Crippen LogP contribution is 2.21. The zero-order chi connectivity index (χ0) is 9.84. The van der Waals surface area contributed by atoms with Crippen molar-refractivity contribution in [3.63, 3.8) is 0 Å². The first-order valence-electron chi connectivity index (χ1n) is 3.99. The fourth-order valence-corrected chi connectivity index (χ4v) is 1.16. The van der Waals surface area contributed by atoms with Gasteiger partial charge in [-0.25, -0.2) is 4.39 Å². The van der Waals surface area contributed by atoms with Crippen molar-refractivity contribution in [3.8, 4) is 6.07 Å². The minimum atomic E-state index is -0.859. The predicted molar refractivity (Wildman–Crippen MR) is 46.4 cm³/mol. The molecule has 3 heteroatoms. The molecular weight excluding hydrogens is 169 g/mol.